The van der Waals surface area contributed by atoms with Crippen LogP contribution in [0.1, 0.15) is 26.3 Å². The van der Waals surface area contributed by atoms with Gasteiger partial charge in [-0.1, -0.05) is 52.5 Å². The molecule has 0 bridgehead atoms. The Morgan fingerprint density at radius 2 is 1.59 bits per heavy atom. The number of hydrogen-bond donors (Lipinski definition) is 1. The van der Waals surface area contributed by atoms with E-state index >= 15 is 0 Å². The molecule has 0 heterocycles. The average Bonchev–Trinajstić information content (AvgIpc) is 2.71. The molecule has 0 spiro atoms. The summed E-state index contributed by atoms with van der Waals surface area (Å²) in [6.45, 7) is 4.57. The van der Waals surface area contributed by atoms with Gasteiger partial charge in [0.2, 0.25) is 21.8 Å². The van der Waals surface area contributed by atoms with Crippen molar-refractivity contribution in [3.05, 3.63) is 62.1 Å². The Bertz CT molecular complexity index is 1170. The normalized spacial score (nSPS) is 12.4. The van der Waals surface area contributed by atoms with Crippen molar-refractivity contribution in [1.82, 2.24) is 10.2 Å². The fourth-order valence-electron chi connectivity index (χ4n) is 3.10. The van der Waals surface area contributed by atoms with Crippen molar-refractivity contribution in [2.75, 3.05) is 17.1 Å². The summed E-state index contributed by atoms with van der Waals surface area (Å²) in [6, 6.07) is 8.04. The summed E-state index contributed by atoms with van der Waals surface area (Å²) in [6.07, 6.45) is 0.962. The van der Waals surface area contributed by atoms with Gasteiger partial charge in [0.15, 0.2) is 0 Å². The van der Waals surface area contributed by atoms with Gasteiger partial charge in [-0.25, -0.2) is 8.42 Å². The zero-order valence-electron chi connectivity index (χ0n) is 19.0. The van der Waals surface area contributed by atoms with Crippen LogP contribution in [0.2, 0.25) is 20.1 Å². The highest BCUT2D eigenvalue weighted by Crippen LogP contribution is 2.31. The molecule has 0 unspecified atom stereocenters. The van der Waals surface area contributed by atoms with Crippen LogP contribution < -0.4 is 9.62 Å². The van der Waals surface area contributed by atoms with Crippen molar-refractivity contribution in [1.29, 1.82) is 0 Å². The highest BCUT2D eigenvalue weighted by Gasteiger charge is 2.31. The summed E-state index contributed by atoms with van der Waals surface area (Å²) in [5.74, 6) is -1.01. The molecule has 0 aliphatic rings. The number of hydrogen-bond acceptors (Lipinski definition) is 4. The number of carbonyl (C=O) groups excluding carboxylic acids is 2. The van der Waals surface area contributed by atoms with Gasteiger partial charge in [-0.2, -0.15) is 0 Å². The molecule has 0 saturated carbocycles. The van der Waals surface area contributed by atoms with Crippen molar-refractivity contribution in [2.24, 2.45) is 0 Å². The van der Waals surface area contributed by atoms with Crippen molar-refractivity contribution in [3.8, 4) is 0 Å². The molecule has 0 aromatic heterocycles. The van der Waals surface area contributed by atoms with E-state index in [1.54, 1.807) is 39.0 Å². The molecule has 1 atom stereocenters. The molecule has 0 aliphatic carbocycles. The quantitative estimate of drug-likeness (QED) is 0.461. The van der Waals surface area contributed by atoms with Gasteiger partial charge in [0.25, 0.3) is 0 Å². The molecular formula is C22H25Cl4N3O4S. The first-order valence-electron chi connectivity index (χ1n) is 10.2. The third-order valence-corrected chi connectivity index (χ3v) is 7.20. The molecule has 1 N–H and O–H groups in total. The van der Waals surface area contributed by atoms with Crippen LogP contribution in [-0.4, -0.2) is 50.0 Å². The number of halogens is 4. The molecule has 0 saturated heterocycles. The third kappa shape index (κ3) is 7.65. The number of anilines is 1. The number of rotatable bonds is 9. The summed E-state index contributed by atoms with van der Waals surface area (Å²) in [7, 11) is -3.91. The number of carbonyl (C=O) groups is 2. The smallest absolute Gasteiger partial charge is 0.244 e. The summed E-state index contributed by atoms with van der Waals surface area (Å²) in [5.41, 5.74) is 0.707. The Morgan fingerprint density at radius 3 is 2.12 bits per heavy atom. The van der Waals surface area contributed by atoms with Crippen LogP contribution in [0.3, 0.4) is 0 Å². The minimum absolute atomic E-state index is 0.00560. The second-order valence-corrected chi connectivity index (χ2v) is 11.5. The highest BCUT2D eigenvalue weighted by atomic mass is 35.5. The monoisotopic (exact) mass is 567 g/mol. The molecule has 186 valence electrons. The fourth-order valence-corrected chi connectivity index (χ4v) is 4.84. The number of benzene rings is 2. The van der Waals surface area contributed by atoms with E-state index in [9.17, 15) is 18.0 Å². The van der Waals surface area contributed by atoms with Crippen molar-refractivity contribution in [3.63, 3.8) is 0 Å². The lowest BCUT2D eigenvalue weighted by Gasteiger charge is -2.32. The molecular weight excluding hydrogens is 544 g/mol. The molecule has 0 radical (unpaired) electrons. The Kier molecular flexibility index (Phi) is 9.91. The second-order valence-electron chi connectivity index (χ2n) is 7.97. The first-order valence-corrected chi connectivity index (χ1v) is 13.5. The van der Waals surface area contributed by atoms with Crippen molar-refractivity contribution in [2.45, 2.75) is 39.4 Å². The molecule has 2 aromatic carbocycles. The van der Waals surface area contributed by atoms with Gasteiger partial charge in [-0.3, -0.25) is 13.9 Å². The molecule has 2 amide bonds. The van der Waals surface area contributed by atoms with E-state index in [1.807, 2.05) is 0 Å². The van der Waals surface area contributed by atoms with Crippen LogP contribution in [0.5, 0.6) is 0 Å². The van der Waals surface area contributed by atoms with Crippen molar-refractivity contribution < 1.29 is 18.0 Å². The van der Waals surface area contributed by atoms with E-state index in [4.69, 9.17) is 46.4 Å². The van der Waals surface area contributed by atoms with E-state index in [-0.39, 0.29) is 34.2 Å². The fraction of sp³-hybridized carbons (Fsp3) is 0.364. The van der Waals surface area contributed by atoms with Crippen LogP contribution in [0.15, 0.2) is 36.4 Å². The Hall–Kier alpha value is -1.71. The van der Waals surface area contributed by atoms with Gasteiger partial charge in [0.05, 0.1) is 27.0 Å². The lowest BCUT2D eigenvalue weighted by Crippen LogP contribution is -2.52. The first kappa shape index (κ1) is 28.5. The average molecular weight is 569 g/mol. The molecule has 0 fully saturated rings. The molecule has 2 aromatic rings. The van der Waals surface area contributed by atoms with E-state index < -0.39 is 28.5 Å². The third-order valence-electron chi connectivity index (χ3n) is 4.79. The Morgan fingerprint density at radius 1 is 0.941 bits per heavy atom. The van der Waals surface area contributed by atoms with Gasteiger partial charge in [0.1, 0.15) is 12.6 Å². The van der Waals surface area contributed by atoms with E-state index in [2.05, 4.69) is 5.32 Å². The highest BCUT2D eigenvalue weighted by molar-refractivity contribution is 7.92. The van der Waals surface area contributed by atoms with Gasteiger partial charge in [0, 0.05) is 17.6 Å². The van der Waals surface area contributed by atoms with Crippen LogP contribution in [0, 0.1) is 0 Å². The molecule has 34 heavy (non-hydrogen) atoms. The van der Waals surface area contributed by atoms with Gasteiger partial charge in [-0.15, -0.1) is 0 Å². The number of amides is 2. The van der Waals surface area contributed by atoms with Gasteiger partial charge < -0.3 is 10.2 Å². The largest absolute Gasteiger partial charge is 0.352 e. The predicted octanol–water partition coefficient (Wildman–Crippen LogP) is 5.01. The molecule has 7 nitrogen and oxygen atoms in total. The standard InChI is InChI=1S/C22H25Cl4N3O4S/c1-13(2)27-22(31)14(3)28(11-15-5-7-17(24)18(25)9-15)21(30)12-29(34(4,32)33)20-8-6-16(23)10-19(20)26/h5-10,13-14H,11-12H2,1-4H3,(H,27,31)/t14-/m1/s1. The van der Waals surface area contributed by atoms with Gasteiger partial charge >= 0.3 is 0 Å². The summed E-state index contributed by atoms with van der Waals surface area (Å²) in [4.78, 5) is 27.5. The van der Waals surface area contributed by atoms with Crippen molar-refractivity contribution >= 4 is 73.9 Å². The SMILES string of the molecule is CC(C)NC(=O)[C@@H](C)N(Cc1ccc(Cl)c(Cl)c1)C(=O)CN(c1ccc(Cl)cc1Cl)S(C)(=O)=O. The van der Waals surface area contributed by atoms with E-state index in [0.717, 1.165) is 10.6 Å². The minimum Gasteiger partial charge on any atom is -0.352 e. The number of sulfonamides is 1. The first-order chi connectivity index (χ1) is 15.7. The number of nitrogens with zero attached hydrogens (tertiary/aromatic N) is 2. The molecule has 12 heteroatoms. The summed E-state index contributed by atoms with van der Waals surface area (Å²) >= 11 is 24.3. The van der Waals surface area contributed by atoms with Gasteiger partial charge in [-0.05, 0) is 56.7 Å². The lowest BCUT2D eigenvalue weighted by atomic mass is 10.1. The second kappa shape index (κ2) is 11.8. The topological polar surface area (TPSA) is 86.8 Å². The predicted molar refractivity (Wildman–Crippen MR) is 138 cm³/mol. The van der Waals surface area contributed by atoms with Crippen LogP contribution in [-0.2, 0) is 26.2 Å². The van der Waals surface area contributed by atoms with Crippen LogP contribution >= 0.6 is 46.4 Å². The maximum Gasteiger partial charge on any atom is 0.244 e. The minimum atomic E-state index is -3.91. The van der Waals surface area contributed by atoms with E-state index in [1.165, 1.54) is 23.1 Å². The Balaban J connectivity index is 2.44. The summed E-state index contributed by atoms with van der Waals surface area (Å²) < 4.78 is 26.0. The van der Waals surface area contributed by atoms with Crippen LogP contribution in [0.25, 0.3) is 0 Å². The lowest BCUT2D eigenvalue weighted by molar-refractivity contribution is -0.139. The van der Waals surface area contributed by atoms with Crippen LogP contribution in [0.4, 0.5) is 5.69 Å². The maximum atomic E-state index is 13.5. The number of nitrogens with one attached hydrogen (secondary N) is 1. The molecule has 0 aliphatic heterocycles. The maximum absolute atomic E-state index is 13.5. The molecule has 2 rings (SSSR count). The summed E-state index contributed by atoms with van der Waals surface area (Å²) in [5, 5.41) is 3.77. The zero-order chi connectivity index (χ0) is 25.8. The van der Waals surface area contributed by atoms with E-state index in [0.29, 0.717) is 15.6 Å². The Labute approximate surface area is 220 Å². The zero-order valence-corrected chi connectivity index (χ0v) is 22.8.